The Labute approximate surface area is 199 Å². The summed E-state index contributed by atoms with van der Waals surface area (Å²) in [4.78, 5) is 0. The molecular formula is C25H55MoN4-3. The summed E-state index contributed by atoms with van der Waals surface area (Å²) < 4.78 is 9.01. The van der Waals surface area contributed by atoms with Gasteiger partial charge in [-0.25, -0.2) is 6.17 Å². The van der Waals surface area contributed by atoms with Gasteiger partial charge in [-0.05, 0) is 0 Å². The maximum atomic E-state index is 4.80. The molecule has 5 heteroatoms. The van der Waals surface area contributed by atoms with E-state index in [0.717, 1.165) is 0 Å². The Hall–Kier alpha value is 0.208. The smallest absolute Gasteiger partial charge is 0.189 e. The van der Waals surface area contributed by atoms with Gasteiger partial charge >= 0.3 is 77.8 Å². The van der Waals surface area contributed by atoms with Gasteiger partial charge in [0.1, 0.15) is 0 Å². The minimum absolute atomic E-state index is 0.0211. The van der Waals surface area contributed by atoms with E-state index in [0.29, 0.717) is 0 Å². The molecule has 30 heavy (non-hydrogen) atoms. The van der Waals surface area contributed by atoms with E-state index in [1.807, 2.05) is 0 Å². The van der Waals surface area contributed by atoms with E-state index in [9.17, 15) is 0 Å². The van der Waals surface area contributed by atoms with Crippen LogP contribution in [0.25, 0.3) is 10.6 Å². The van der Waals surface area contributed by atoms with Crippen LogP contribution in [0.1, 0.15) is 125 Å². The Balaban J connectivity index is -0.000000425. The average molecular weight is 508 g/mol. The zero-order valence-corrected chi connectivity index (χ0v) is 25.8. The quantitative estimate of drug-likeness (QED) is 0.264. The molecule has 0 aromatic rings. The summed E-state index contributed by atoms with van der Waals surface area (Å²) in [5.41, 5.74) is 0.272. The molecular weight excluding hydrogens is 452 g/mol. The average Bonchev–Trinajstić information content (AvgIpc) is 2.29. The summed E-state index contributed by atoms with van der Waals surface area (Å²) in [6.45, 7) is 38.3. The van der Waals surface area contributed by atoms with Gasteiger partial charge in [-0.2, -0.15) is 20.8 Å². The van der Waals surface area contributed by atoms with Crippen LogP contribution in [-0.2, 0) is 18.2 Å². The molecule has 0 saturated carbocycles. The van der Waals surface area contributed by atoms with Crippen LogP contribution in [-0.4, -0.2) is 28.3 Å². The topological polar surface area (TPSA) is 52.9 Å². The molecule has 0 N–H and O–H groups in total. The van der Waals surface area contributed by atoms with E-state index in [1.165, 1.54) is 5.92 Å². The van der Waals surface area contributed by atoms with Crippen molar-refractivity contribution in [2.24, 2.45) is 12.4 Å². The van der Waals surface area contributed by atoms with Crippen molar-refractivity contribution in [2.75, 3.05) is 0 Å². The van der Waals surface area contributed by atoms with Crippen LogP contribution in [0.4, 0.5) is 0 Å². The van der Waals surface area contributed by atoms with Gasteiger partial charge in [0.05, 0.1) is 0 Å². The van der Waals surface area contributed by atoms with Crippen molar-refractivity contribution < 1.29 is 18.2 Å². The Morgan fingerprint density at radius 2 is 0.800 bits per heavy atom. The number of nitrogens with zero attached hydrogens (tertiary/aromatic N) is 4. The second-order valence-corrected chi connectivity index (χ2v) is 14.7. The molecule has 0 radical (unpaired) electrons. The number of rotatable bonds is 2. The standard InChI is InChI=1S/C13H28N2.2C4H9N.C4H9.Mo/c1-11(2,3)10(14-12(4,5)6)15-13(7,8)9;2*1-4(2,3)5;1-4(2)3;/h10H,1-9H3;2*1-3H3;1-3H3;/q-2;;;-1;. The third-order valence-electron chi connectivity index (χ3n) is 2.42. The summed E-state index contributed by atoms with van der Waals surface area (Å²) >= 11 is -0.473. The van der Waals surface area contributed by atoms with Crippen molar-refractivity contribution in [1.82, 2.24) is 0 Å². The molecule has 0 atom stereocenters. The molecule has 0 heterocycles. The van der Waals surface area contributed by atoms with Crippen LogP contribution in [0.3, 0.4) is 0 Å². The van der Waals surface area contributed by atoms with Gasteiger partial charge in [0.25, 0.3) is 0 Å². The van der Waals surface area contributed by atoms with Crippen molar-refractivity contribution in [3.05, 3.63) is 16.6 Å². The first-order chi connectivity index (χ1) is 12.8. The Kier molecular flexibility index (Phi) is 15.9. The molecule has 184 valence electrons. The summed E-state index contributed by atoms with van der Waals surface area (Å²) in [5, 5.41) is 9.60. The van der Waals surface area contributed by atoms with Crippen LogP contribution in [0.5, 0.6) is 0 Å². The molecule has 0 aliphatic carbocycles. The minimum Gasteiger partial charge on any atom is -0.323 e. The molecule has 0 aliphatic heterocycles. The van der Waals surface area contributed by atoms with Crippen molar-refractivity contribution in [3.63, 3.8) is 0 Å². The number of hydrogen-bond donors (Lipinski definition) is 0. The van der Waals surface area contributed by atoms with E-state index >= 15 is 0 Å². The minimum atomic E-state index is -0.473. The van der Waals surface area contributed by atoms with Crippen LogP contribution in [0, 0.1) is 11.3 Å². The van der Waals surface area contributed by atoms with Gasteiger partial charge in [0.15, 0.2) is 0 Å². The summed E-state index contributed by atoms with van der Waals surface area (Å²) in [6.07, 6.45) is 0.0671. The largest absolute Gasteiger partial charge is 0.323 e. The molecule has 4 nitrogen and oxygen atoms in total. The zero-order chi connectivity index (χ0) is 25.2. The molecule has 0 unspecified atom stereocenters. The Bertz CT molecular complexity index is 461. The molecule has 0 amide bonds. The van der Waals surface area contributed by atoms with Crippen LogP contribution in [0.2, 0.25) is 0 Å². The van der Waals surface area contributed by atoms with Gasteiger partial charge in [-0.15, -0.1) is 11.1 Å². The second kappa shape index (κ2) is 13.7. The van der Waals surface area contributed by atoms with Gasteiger partial charge in [-0.3, -0.25) is 0 Å². The van der Waals surface area contributed by atoms with E-state index in [2.05, 4.69) is 132 Å². The SMILES string of the molecule is CC(C)(C)[N-]C([N-]C(C)(C)C)C(C)(C)C.CC(C)(C)[N]=[Mo]=[N]C(C)(C)C.C[C-](C)C. The predicted octanol–water partition coefficient (Wildman–Crippen LogP) is 9.36. The van der Waals surface area contributed by atoms with Crippen molar-refractivity contribution in [3.8, 4) is 0 Å². The first-order valence-corrected chi connectivity index (χ1v) is 12.9. The van der Waals surface area contributed by atoms with Crippen molar-refractivity contribution >= 4 is 0 Å². The normalized spacial score (nSPS) is 13.2. The molecule has 0 fully saturated rings. The maximum Gasteiger partial charge on any atom is -0.189 e. The monoisotopic (exact) mass is 509 g/mol. The van der Waals surface area contributed by atoms with Gasteiger partial charge in [-0.1, -0.05) is 67.7 Å². The van der Waals surface area contributed by atoms with Crippen LogP contribution in [0.15, 0.2) is 6.99 Å². The molecule has 0 saturated heterocycles. The second-order valence-electron chi connectivity index (χ2n) is 13.4. The summed E-state index contributed by atoms with van der Waals surface area (Å²) in [7, 11) is 0. The van der Waals surface area contributed by atoms with E-state index in [4.69, 9.17) is 10.6 Å². The molecule has 0 aromatic heterocycles. The van der Waals surface area contributed by atoms with Gasteiger partial charge < -0.3 is 16.6 Å². The fourth-order valence-corrected chi connectivity index (χ4v) is 2.72. The van der Waals surface area contributed by atoms with Gasteiger partial charge in [0.2, 0.25) is 0 Å². The molecule has 0 rings (SSSR count). The Morgan fingerprint density at radius 3 is 0.933 bits per heavy atom. The first kappa shape index (κ1) is 34.8. The fraction of sp³-hybridized carbons (Fsp3) is 0.960. The summed E-state index contributed by atoms with van der Waals surface area (Å²) in [6, 6.07) is 0. The summed E-state index contributed by atoms with van der Waals surface area (Å²) in [5.74, 6) is 1.42. The number of hydrogen-bond acceptors (Lipinski definition) is 2. The predicted molar refractivity (Wildman–Crippen MR) is 134 cm³/mol. The Morgan fingerprint density at radius 1 is 0.567 bits per heavy atom. The van der Waals surface area contributed by atoms with Crippen LogP contribution >= 0.6 is 0 Å². The van der Waals surface area contributed by atoms with Crippen LogP contribution < -0.4 is 0 Å². The zero-order valence-electron chi connectivity index (χ0n) is 23.8. The fourth-order valence-electron chi connectivity index (χ4n) is 1.42. The molecule has 0 bridgehead atoms. The third-order valence-corrected chi connectivity index (χ3v) is 5.52. The first-order valence-electron chi connectivity index (χ1n) is 11.1. The van der Waals surface area contributed by atoms with E-state index < -0.39 is 18.2 Å². The molecule has 0 aliphatic rings. The molecule has 0 aromatic carbocycles. The third kappa shape index (κ3) is 35.6. The van der Waals surface area contributed by atoms with Gasteiger partial charge in [0, 0.05) is 0 Å². The maximum absolute atomic E-state index is 4.80. The van der Waals surface area contributed by atoms with Crippen molar-refractivity contribution in [1.29, 1.82) is 0 Å². The van der Waals surface area contributed by atoms with Crippen molar-refractivity contribution in [2.45, 2.75) is 153 Å². The van der Waals surface area contributed by atoms with E-state index in [1.54, 1.807) is 0 Å². The van der Waals surface area contributed by atoms with E-state index in [-0.39, 0.29) is 33.7 Å². The molecule has 0 spiro atoms.